The van der Waals surface area contributed by atoms with Crippen molar-refractivity contribution in [3.63, 3.8) is 0 Å². The molecule has 1 aromatic carbocycles. The van der Waals surface area contributed by atoms with Crippen molar-refractivity contribution in [1.29, 1.82) is 0 Å². The van der Waals surface area contributed by atoms with Crippen molar-refractivity contribution in [1.82, 2.24) is 0 Å². The zero-order chi connectivity index (χ0) is 14.3. The summed E-state index contributed by atoms with van der Waals surface area (Å²) in [6, 6.07) is 6.31. The number of hydrogen-bond donors (Lipinski definition) is 2. The van der Waals surface area contributed by atoms with E-state index in [1.807, 2.05) is 12.1 Å². The lowest BCUT2D eigenvalue weighted by atomic mass is 10.0. The van der Waals surface area contributed by atoms with Crippen LogP contribution in [0.3, 0.4) is 0 Å². The maximum atomic E-state index is 11.4. The van der Waals surface area contributed by atoms with Crippen LogP contribution in [0.5, 0.6) is 0 Å². The number of aliphatic carboxylic acids is 1. The SMILES string of the molecule is CCOC(=O)c1ccc(CCCC(N)C(=O)O)cc1. The van der Waals surface area contributed by atoms with Crippen LogP contribution >= 0.6 is 0 Å². The monoisotopic (exact) mass is 265 g/mol. The summed E-state index contributed by atoms with van der Waals surface area (Å²) in [7, 11) is 0. The van der Waals surface area contributed by atoms with Gasteiger partial charge >= 0.3 is 11.9 Å². The van der Waals surface area contributed by atoms with Gasteiger partial charge in [-0.15, -0.1) is 0 Å². The molecule has 0 aliphatic carbocycles. The lowest BCUT2D eigenvalue weighted by Gasteiger charge is -2.06. The van der Waals surface area contributed by atoms with Crippen LogP contribution in [-0.2, 0) is 16.0 Å². The Morgan fingerprint density at radius 3 is 2.47 bits per heavy atom. The summed E-state index contributed by atoms with van der Waals surface area (Å²) in [4.78, 5) is 22.0. The molecule has 0 amide bonds. The van der Waals surface area contributed by atoms with E-state index in [0.717, 1.165) is 12.0 Å². The Balaban J connectivity index is 2.44. The Morgan fingerprint density at radius 2 is 1.95 bits per heavy atom. The van der Waals surface area contributed by atoms with Gasteiger partial charge in [-0.3, -0.25) is 4.79 Å². The van der Waals surface area contributed by atoms with Crippen molar-refractivity contribution in [3.8, 4) is 0 Å². The van der Waals surface area contributed by atoms with Crippen LogP contribution in [0.1, 0.15) is 35.7 Å². The summed E-state index contributed by atoms with van der Waals surface area (Å²) >= 11 is 0. The Morgan fingerprint density at radius 1 is 1.32 bits per heavy atom. The topological polar surface area (TPSA) is 89.6 Å². The second kappa shape index (κ2) is 7.53. The van der Waals surface area contributed by atoms with E-state index >= 15 is 0 Å². The molecular weight excluding hydrogens is 246 g/mol. The number of carboxylic acid groups (broad SMARTS) is 1. The molecule has 104 valence electrons. The highest BCUT2D eigenvalue weighted by molar-refractivity contribution is 5.89. The predicted molar refractivity (Wildman–Crippen MR) is 70.9 cm³/mol. The van der Waals surface area contributed by atoms with Crippen LogP contribution in [0.2, 0.25) is 0 Å². The van der Waals surface area contributed by atoms with Crippen LogP contribution in [0.15, 0.2) is 24.3 Å². The molecule has 0 spiro atoms. The second-order valence-corrected chi connectivity index (χ2v) is 4.25. The number of carboxylic acids is 1. The molecule has 0 fully saturated rings. The van der Waals surface area contributed by atoms with E-state index < -0.39 is 12.0 Å². The second-order valence-electron chi connectivity index (χ2n) is 4.25. The minimum Gasteiger partial charge on any atom is -0.480 e. The van der Waals surface area contributed by atoms with Crippen molar-refractivity contribution in [2.24, 2.45) is 5.73 Å². The quantitative estimate of drug-likeness (QED) is 0.731. The molecule has 3 N–H and O–H groups in total. The third-order valence-corrected chi connectivity index (χ3v) is 2.76. The minimum absolute atomic E-state index is 0.332. The molecule has 0 heterocycles. The maximum Gasteiger partial charge on any atom is 0.338 e. The van der Waals surface area contributed by atoms with Crippen LogP contribution in [0.25, 0.3) is 0 Å². The lowest BCUT2D eigenvalue weighted by Crippen LogP contribution is -2.29. The third-order valence-electron chi connectivity index (χ3n) is 2.76. The molecule has 0 saturated heterocycles. The fourth-order valence-electron chi connectivity index (χ4n) is 1.67. The summed E-state index contributed by atoms with van der Waals surface area (Å²) in [5.74, 6) is -1.31. The molecule has 0 bridgehead atoms. The fraction of sp³-hybridized carbons (Fsp3) is 0.429. The number of aryl methyl sites for hydroxylation is 1. The van der Waals surface area contributed by atoms with Crippen molar-refractivity contribution in [3.05, 3.63) is 35.4 Å². The molecule has 1 atom stereocenters. The van der Waals surface area contributed by atoms with Gasteiger partial charge in [0.1, 0.15) is 6.04 Å². The summed E-state index contributed by atoms with van der Waals surface area (Å²) in [5, 5.41) is 8.65. The molecule has 0 saturated carbocycles. The van der Waals surface area contributed by atoms with Gasteiger partial charge in [0.05, 0.1) is 12.2 Å². The number of ether oxygens (including phenoxy) is 1. The normalized spacial score (nSPS) is 11.9. The first-order valence-corrected chi connectivity index (χ1v) is 6.29. The molecule has 0 aromatic heterocycles. The highest BCUT2D eigenvalue weighted by Crippen LogP contribution is 2.10. The Kier molecular flexibility index (Phi) is 6.02. The fourth-order valence-corrected chi connectivity index (χ4v) is 1.67. The van der Waals surface area contributed by atoms with Gasteiger partial charge in [0.15, 0.2) is 0 Å². The van der Waals surface area contributed by atoms with Crippen molar-refractivity contribution < 1.29 is 19.4 Å². The van der Waals surface area contributed by atoms with Gasteiger partial charge in [-0.1, -0.05) is 12.1 Å². The van der Waals surface area contributed by atoms with E-state index in [9.17, 15) is 9.59 Å². The molecule has 5 nitrogen and oxygen atoms in total. The van der Waals surface area contributed by atoms with Gasteiger partial charge in [0.25, 0.3) is 0 Å². The highest BCUT2D eigenvalue weighted by atomic mass is 16.5. The Hall–Kier alpha value is -1.88. The molecule has 0 aliphatic rings. The van der Waals surface area contributed by atoms with Gasteiger partial charge in [-0.05, 0) is 43.9 Å². The standard InChI is InChI=1S/C14H19NO4/c1-2-19-14(18)11-8-6-10(7-9-11)4-3-5-12(15)13(16)17/h6-9,12H,2-5,15H2,1H3,(H,16,17). The smallest absolute Gasteiger partial charge is 0.338 e. The number of carbonyl (C=O) groups is 2. The molecule has 1 unspecified atom stereocenters. The van der Waals surface area contributed by atoms with Crippen LogP contribution in [0, 0.1) is 0 Å². The van der Waals surface area contributed by atoms with E-state index in [1.54, 1.807) is 19.1 Å². The van der Waals surface area contributed by atoms with E-state index in [2.05, 4.69) is 0 Å². The van der Waals surface area contributed by atoms with E-state index in [0.29, 0.717) is 25.0 Å². The Bertz CT molecular complexity index is 428. The van der Waals surface area contributed by atoms with Crippen molar-refractivity contribution in [2.75, 3.05) is 6.61 Å². The maximum absolute atomic E-state index is 11.4. The number of carbonyl (C=O) groups excluding carboxylic acids is 1. The zero-order valence-corrected chi connectivity index (χ0v) is 11.0. The van der Waals surface area contributed by atoms with E-state index in [4.69, 9.17) is 15.6 Å². The first-order chi connectivity index (χ1) is 9.04. The number of hydrogen-bond acceptors (Lipinski definition) is 4. The van der Waals surface area contributed by atoms with Gasteiger partial charge < -0.3 is 15.6 Å². The zero-order valence-electron chi connectivity index (χ0n) is 11.0. The minimum atomic E-state index is -0.974. The van der Waals surface area contributed by atoms with Gasteiger partial charge in [-0.25, -0.2) is 4.79 Å². The van der Waals surface area contributed by atoms with Crippen LogP contribution in [0.4, 0.5) is 0 Å². The molecule has 5 heteroatoms. The average molecular weight is 265 g/mol. The van der Waals surface area contributed by atoms with Crippen molar-refractivity contribution >= 4 is 11.9 Å². The predicted octanol–water partition coefficient (Wildman–Crippen LogP) is 1.60. The van der Waals surface area contributed by atoms with Gasteiger partial charge in [-0.2, -0.15) is 0 Å². The van der Waals surface area contributed by atoms with Crippen LogP contribution in [-0.4, -0.2) is 29.7 Å². The third kappa shape index (κ3) is 5.09. The lowest BCUT2D eigenvalue weighted by molar-refractivity contribution is -0.138. The number of nitrogens with two attached hydrogens (primary N) is 1. The first-order valence-electron chi connectivity index (χ1n) is 6.29. The van der Waals surface area contributed by atoms with Crippen LogP contribution < -0.4 is 5.73 Å². The summed E-state index contributed by atoms with van der Waals surface area (Å²) in [5.41, 5.74) is 6.99. The van der Waals surface area contributed by atoms with E-state index in [-0.39, 0.29) is 5.97 Å². The molecule has 0 aliphatic heterocycles. The van der Waals surface area contributed by atoms with E-state index in [1.165, 1.54) is 0 Å². The number of esters is 1. The Labute approximate surface area is 112 Å². The van der Waals surface area contributed by atoms with Crippen molar-refractivity contribution in [2.45, 2.75) is 32.2 Å². The first kappa shape index (κ1) is 15.2. The van der Waals surface area contributed by atoms with Gasteiger partial charge in [0, 0.05) is 0 Å². The number of rotatable bonds is 7. The summed E-state index contributed by atoms with van der Waals surface area (Å²) < 4.78 is 4.89. The summed E-state index contributed by atoms with van der Waals surface area (Å²) in [6.07, 6.45) is 1.88. The molecule has 1 aromatic rings. The molecule has 0 radical (unpaired) electrons. The average Bonchev–Trinajstić information content (AvgIpc) is 2.39. The van der Waals surface area contributed by atoms with Gasteiger partial charge in [0.2, 0.25) is 0 Å². The number of benzene rings is 1. The molecular formula is C14H19NO4. The molecule has 19 heavy (non-hydrogen) atoms. The largest absolute Gasteiger partial charge is 0.480 e. The molecule has 1 rings (SSSR count). The summed E-state index contributed by atoms with van der Waals surface area (Å²) in [6.45, 7) is 2.12. The highest BCUT2D eigenvalue weighted by Gasteiger charge is 2.10.